The largest absolute Gasteiger partial charge is 0.418 e. The molecule has 0 aliphatic rings. The average Bonchev–Trinajstić information content (AvgIpc) is 2.38. The fourth-order valence-corrected chi connectivity index (χ4v) is 1.59. The van der Waals surface area contributed by atoms with Crippen molar-refractivity contribution in [2.75, 3.05) is 25.0 Å². The second-order valence-corrected chi connectivity index (χ2v) is 3.93. The highest BCUT2D eigenvalue weighted by molar-refractivity contribution is 5.90. The average molecular weight is 288 g/mol. The molecule has 0 atom stereocenters. The molecule has 1 rings (SSSR count). The summed E-state index contributed by atoms with van der Waals surface area (Å²) in [6.07, 6.45) is -3.13. The van der Waals surface area contributed by atoms with Gasteiger partial charge in [-0.15, -0.1) is 6.58 Å². The molecule has 4 nitrogen and oxygen atoms in total. The number of aliphatic hydroxyl groups is 1. The highest BCUT2D eigenvalue weighted by atomic mass is 19.4. The fourth-order valence-electron chi connectivity index (χ4n) is 1.59. The van der Waals surface area contributed by atoms with E-state index in [1.165, 1.54) is 24.3 Å². The standard InChI is InChI=1S/C13H15F3N2O2/c1-2-7-18(8-9-19)12(20)17-11-6-4-3-5-10(11)13(14,15)16/h2-6,19H,1,7-9H2,(H,17,20). The normalized spacial score (nSPS) is 11.0. The van der Waals surface area contributed by atoms with Crippen molar-refractivity contribution in [1.82, 2.24) is 4.90 Å². The lowest BCUT2D eigenvalue weighted by atomic mass is 10.1. The van der Waals surface area contributed by atoms with Gasteiger partial charge in [-0.25, -0.2) is 4.79 Å². The van der Waals surface area contributed by atoms with E-state index in [2.05, 4.69) is 11.9 Å². The van der Waals surface area contributed by atoms with Crippen molar-refractivity contribution in [3.63, 3.8) is 0 Å². The van der Waals surface area contributed by atoms with Crippen LogP contribution in [0.5, 0.6) is 0 Å². The second kappa shape index (κ2) is 6.95. The number of para-hydroxylation sites is 1. The van der Waals surface area contributed by atoms with E-state index in [-0.39, 0.29) is 25.4 Å². The zero-order valence-electron chi connectivity index (χ0n) is 10.7. The Balaban J connectivity index is 2.92. The van der Waals surface area contributed by atoms with Gasteiger partial charge >= 0.3 is 12.2 Å². The van der Waals surface area contributed by atoms with E-state index in [0.717, 1.165) is 11.0 Å². The molecule has 0 saturated carbocycles. The van der Waals surface area contributed by atoms with Crippen LogP contribution in [-0.4, -0.2) is 35.7 Å². The molecule has 0 spiro atoms. The van der Waals surface area contributed by atoms with Crippen LogP contribution >= 0.6 is 0 Å². The number of nitrogens with zero attached hydrogens (tertiary/aromatic N) is 1. The summed E-state index contributed by atoms with van der Waals surface area (Å²) in [4.78, 5) is 13.0. The first-order valence-corrected chi connectivity index (χ1v) is 5.84. The van der Waals surface area contributed by atoms with Crippen LogP contribution in [0, 0.1) is 0 Å². The lowest BCUT2D eigenvalue weighted by molar-refractivity contribution is -0.136. The Kier molecular flexibility index (Phi) is 5.57. The zero-order valence-corrected chi connectivity index (χ0v) is 10.7. The molecule has 20 heavy (non-hydrogen) atoms. The van der Waals surface area contributed by atoms with Crippen molar-refractivity contribution < 1.29 is 23.1 Å². The minimum Gasteiger partial charge on any atom is -0.395 e. The Morgan fingerprint density at radius 3 is 2.60 bits per heavy atom. The Hall–Kier alpha value is -2.02. The number of aliphatic hydroxyl groups excluding tert-OH is 1. The number of carbonyl (C=O) groups is 1. The van der Waals surface area contributed by atoms with Gasteiger partial charge in [0.15, 0.2) is 0 Å². The van der Waals surface area contributed by atoms with Crippen molar-refractivity contribution >= 4 is 11.7 Å². The van der Waals surface area contributed by atoms with Gasteiger partial charge in [-0.2, -0.15) is 13.2 Å². The van der Waals surface area contributed by atoms with Gasteiger partial charge in [-0.1, -0.05) is 18.2 Å². The molecule has 0 radical (unpaired) electrons. The predicted octanol–water partition coefficient (Wildman–Crippen LogP) is 2.72. The van der Waals surface area contributed by atoms with Gasteiger partial charge in [0.1, 0.15) is 0 Å². The molecule has 0 aliphatic carbocycles. The number of halogens is 3. The van der Waals surface area contributed by atoms with Crippen LogP contribution in [0.4, 0.5) is 23.7 Å². The molecule has 0 aromatic heterocycles. The highest BCUT2D eigenvalue weighted by Gasteiger charge is 2.33. The third-order valence-corrected chi connectivity index (χ3v) is 2.48. The third-order valence-electron chi connectivity index (χ3n) is 2.48. The molecular weight excluding hydrogens is 273 g/mol. The maximum Gasteiger partial charge on any atom is 0.418 e. The van der Waals surface area contributed by atoms with Gasteiger partial charge in [0.2, 0.25) is 0 Å². The van der Waals surface area contributed by atoms with E-state index >= 15 is 0 Å². The number of nitrogens with one attached hydrogen (secondary N) is 1. The minimum atomic E-state index is -4.55. The summed E-state index contributed by atoms with van der Waals surface area (Å²) in [7, 11) is 0. The molecule has 2 N–H and O–H groups in total. The molecule has 1 aromatic rings. The fraction of sp³-hybridized carbons (Fsp3) is 0.308. The number of anilines is 1. The molecule has 0 heterocycles. The number of hydrogen-bond donors (Lipinski definition) is 2. The zero-order chi connectivity index (χ0) is 15.2. The highest BCUT2D eigenvalue weighted by Crippen LogP contribution is 2.34. The van der Waals surface area contributed by atoms with E-state index in [1.807, 2.05) is 0 Å². The monoisotopic (exact) mass is 288 g/mol. The third kappa shape index (κ3) is 4.27. The van der Waals surface area contributed by atoms with Gasteiger partial charge in [0.05, 0.1) is 17.9 Å². The summed E-state index contributed by atoms with van der Waals surface area (Å²) in [6.45, 7) is 3.29. The maximum absolute atomic E-state index is 12.8. The first-order chi connectivity index (χ1) is 9.40. The van der Waals surface area contributed by atoms with Crippen LogP contribution in [0.1, 0.15) is 5.56 Å². The van der Waals surface area contributed by atoms with Crippen LogP contribution in [0.25, 0.3) is 0 Å². The summed E-state index contributed by atoms with van der Waals surface area (Å²) in [5.74, 6) is 0. The summed E-state index contributed by atoms with van der Waals surface area (Å²) >= 11 is 0. The van der Waals surface area contributed by atoms with Crippen molar-refractivity contribution in [2.24, 2.45) is 0 Å². The number of rotatable bonds is 5. The molecular formula is C13H15F3N2O2. The van der Waals surface area contributed by atoms with Crippen LogP contribution in [-0.2, 0) is 6.18 Å². The van der Waals surface area contributed by atoms with Crippen LogP contribution in [0.15, 0.2) is 36.9 Å². The number of urea groups is 1. The van der Waals surface area contributed by atoms with E-state index < -0.39 is 17.8 Å². The molecule has 0 bridgehead atoms. The SMILES string of the molecule is C=CCN(CCO)C(=O)Nc1ccccc1C(F)(F)F. The first-order valence-electron chi connectivity index (χ1n) is 5.84. The summed E-state index contributed by atoms with van der Waals surface area (Å²) in [5, 5.41) is 11.0. The number of amides is 2. The van der Waals surface area contributed by atoms with Gasteiger partial charge in [0.25, 0.3) is 0 Å². The first kappa shape index (κ1) is 16.0. The summed E-state index contributed by atoms with van der Waals surface area (Å²) in [5.41, 5.74) is -1.24. The van der Waals surface area contributed by atoms with E-state index in [0.29, 0.717) is 0 Å². The Morgan fingerprint density at radius 1 is 1.40 bits per heavy atom. The predicted molar refractivity (Wildman–Crippen MR) is 69.3 cm³/mol. The van der Waals surface area contributed by atoms with Crippen molar-refractivity contribution in [1.29, 1.82) is 0 Å². The quantitative estimate of drug-likeness (QED) is 0.819. The van der Waals surface area contributed by atoms with Crippen LogP contribution in [0.2, 0.25) is 0 Å². The van der Waals surface area contributed by atoms with E-state index in [1.54, 1.807) is 0 Å². The molecule has 2 amide bonds. The minimum absolute atomic E-state index is 0.00599. The van der Waals surface area contributed by atoms with Crippen molar-refractivity contribution in [2.45, 2.75) is 6.18 Å². The molecule has 0 aliphatic heterocycles. The molecule has 0 fully saturated rings. The summed E-state index contributed by atoms with van der Waals surface area (Å²) < 4.78 is 38.3. The van der Waals surface area contributed by atoms with Crippen molar-refractivity contribution in [3.05, 3.63) is 42.5 Å². The summed E-state index contributed by atoms with van der Waals surface area (Å²) in [6, 6.07) is 3.98. The number of hydrogen-bond acceptors (Lipinski definition) is 2. The maximum atomic E-state index is 12.8. The molecule has 110 valence electrons. The van der Waals surface area contributed by atoms with Gasteiger partial charge in [-0.05, 0) is 12.1 Å². The molecule has 0 unspecified atom stereocenters. The van der Waals surface area contributed by atoms with Gasteiger partial charge in [0, 0.05) is 13.1 Å². The van der Waals surface area contributed by atoms with Crippen LogP contribution in [0.3, 0.4) is 0 Å². The Labute approximate surface area is 114 Å². The second-order valence-electron chi connectivity index (χ2n) is 3.93. The molecule has 1 aromatic carbocycles. The Bertz CT molecular complexity index is 475. The van der Waals surface area contributed by atoms with Crippen LogP contribution < -0.4 is 5.32 Å². The number of alkyl halides is 3. The number of benzene rings is 1. The smallest absolute Gasteiger partial charge is 0.395 e. The van der Waals surface area contributed by atoms with E-state index in [9.17, 15) is 18.0 Å². The van der Waals surface area contributed by atoms with Gasteiger partial charge in [-0.3, -0.25) is 0 Å². The lowest BCUT2D eigenvalue weighted by Crippen LogP contribution is -2.37. The Morgan fingerprint density at radius 2 is 2.05 bits per heavy atom. The topological polar surface area (TPSA) is 52.6 Å². The van der Waals surface area contributed by atoms with E-state index in [4.69, 9.17) is 5.11 Å². The molecule has 7 heteroatoms. The van der Waals surface area contributed by atoms with Gasteiger partial charge < -0.3 is 15.3 Å². The van der Waals surface area contributed by atoms with Crippen molar-refractivity contribution in [3.8, 4) is 0 Å². The number of carbonyl (C=O) groups excluding carboxylic acids is 1. The molecule has 0 saturated heterocycles. The lowest BCUT2D eigenvalue weighted by Gasteiger charge is -2.22.